The van der Waals surface area contributed by atoms with Gasteiger partial charge in [-0.15, -0.1) is 0 Å². The van der Waals surface area contributed by atoms with Crippen LogP contribution in [0, 0.1) is 0 Å². The van der Waals surface area contributed by atoms with Crippen molar-refractivity contribution < 1.29 is 0 Å². The monoisotopic (exact) mass is 205 g/mol. The number of anilines is 1. The molecule has 1 fully saturated rings. The third-order valence-electron chi connectivity index (χ3n) is 3.27. The molecule has 1 nitrogen and oxygen atoms in total. The Morgan fingerprint density at radius 1 is 1.43 bits per heavy atom. The first-order chi connectivity index (χ1) is 6.77. The van der Waals surface area contributed by atoms with E-state index in [4.69, 9.17) is 0 Å². The van der Waals surface area contributed by atoms with E-state index in [1.807, 2.05) is 0 Å². The highest BCUT2D eigenvalue weighted by atomic mass is 32.2. The zero-order valence-electron chi connectivity index (χ0n) is 8.42. The fraction of sp³-hybridized carbons (Fsp3) is 0.500. The van der Waals surface area contributed by atoms with Gasteiger partial charge in [0.25, 0.3) is 0 Å². The molecule has 0 aliphatic carbocycles. The van der Waals surface area contributed by atoms with E-state index in [-0.39, 0.29) is 0 Å². The average molecular weight is 205 g/mol. The van der Waals surface area contributed by atoms with Crippen LogP contribution < -0.4 is 5.32 Å². The molecule has 2 aliphatic rings. The van der Waals surface area contributed by atoms with Crippen LogP contribution in [0.2, 0.25) is 0 Å². The fourth-order valence-electron chi connectivity index (χ4n) is 2.67. The van der Waals surface area contributed by atoms with Crippen LogP contribution in [0.15, 0.2) is 24.3 Å². The zero-order valence-corrected chi connectivity index (χ0v) is 9.23. The van der Waals surface area contributed by atoms with Crippen molar-refractivity contribution in [1.82, 2.24) is 0 Å². The molecule has 2 heterocycles. The summed E-state index contributed by atoms with van der Waals surface area (Å²) >= 11 is 2.09. The van der Waals surface area contributed by atoms with Crippen LogP contribution in [0.3, 0.4) is 0 Å². The van der Waals surface area contributed by atoms with E-state index in [0.717, 1.165) is 5.92 Å². The van der Waals surface area contributed by atoms with Gasteiger partial charge in [0, 0.05) is 22.7 Å². The molecule has 0 radical (unpaired) electrons. The molecule has 0 spiro atoms. The lowest BCUT2D eigenvalue weighted by Gasteiger charge is -2.44. The lowest BCUT2D eigenvalue weighted by molar-refractivity contribution is 0.451. The molecule has 1 saturated heterocycles. The van der Waals surface area contributed by atoms with Gasteiger partial charge in [0.05, 0.1) is 0 Å². The predicted octanol–water partition coefficient (Wildman–Crippen LogP) is 3.09. The van der Waals surface area contributed by atoms with Gasteiger partial charge in [0.15, 0.2) is 0 Å². The Morgan fingerprint density at radius 2 is 2.29 bits per heavy atom. The lowest BCUT2D eigenvalue weighted by Crippen LogP contribution is -2.45. The predicted molar refractivity (Wildman–Crippen MR) is 63.2 cm³/mol. The molecule has 14 heavy (non-hydrogen) atoms. The van der Waals surface area contributed by atoms with Crippen molar-refractivity contribution in [2.24, 2.45) is 0 Å². The molecule has 2 atom stereocenters. The number of thioether (sulfide) groups is 1. The number of benzene rings is 1. The fourth-order valence-corrected chi connectivity index (χ4v) is 4.01. The first kappa shape index (κ1) is 8.66. The summed E-state index contributed by atoms with van der Waals surface area (Å²) in [4.78, 5) is 0. The van der Waals surface area contributed by atoms with Crippen LogP contribution in [0.25, 0.3) is 0 Å². The van der Waals surface area contributed by atoms with Gasteiger partial charge in [-0.3, -0.25) is 0 Å². The summed E-state index contributed by atoms with van der Waals surface area (Å²) in [6.07, 6.45) is 1.30. The van der Waals surface area contributed by atoms with Gasteiger partial charge in [-0.25, -0.2) is 0 Å². The number of para-hydroxylation sites is 1. The summed E-state index contributed by atoms with van der Waals surface area (Å²) in [5.74, 6) is 3.32. The molecule has 0 unspecified atom stereocenters. The highest BCUT2D eigenvalue weighted by Gasteiger charge is 2.38. The van der Waals surface area contributed by atoms with E-state index in [1.165, 1.54) is 29.2 Å². The quantitative estimate of drug-likeness (QED) is 0.698. The van der Waals surface area contributed by atoms with Crippen LogP contribution in [-0.2, 0) is 0 Å². The van der Waals surface area contributed by atoms with Crippen LogP contribution in [-0.4, -0.2) is 17.0 Å². The Hall–Kier alpha value is -0.630. The molecule has 1 aromatic rings. The summed E-state index contributed by atoms with van der Waals surface area (Å²) in [5.41, 5.74) is 3.23. The maximum Gasteiger partial charge on any atom is 0.0442 e. The molecule has 0 saturated carbocycles. The SMILES string of the molecule is C[C@]12CSC[C@H](C1)c1ccccc1N2. The second-order valence-corrected chi connectivity index (χ2v) is 5.72. The lowest BCUT2D eigenvalue weighted by atomic mass is 9.81. The van der Waals surface area contributed by atoms with Crippen LogP contribution in [0.1, 0.15) is 24.8 Å². The molecule has 2 bridgehead atoms. The van der Waals surface area contributed by atoms with Gasteiger partial charge in [-0.2, -0.15) is 11.8 Å². The first-order valence-electron chi connectivity index (χ1n) is 5.22. The van der Waals surface area contributed by atoms with E-state index in [9.17, 15) is 0 Å². The second-order valence-electron chi connectivity index (χ2n) is 4.69. The van der Waals surface area contributed by atoms with Crippen LogP contribution in [0.5, 0.6) is 0 Å². The summed E-state index contributed by atoms with van der Waals surface area (Å²) < 4.78 is 0. The van der Waals surface area contributed by atoms with Gasteiger partial charge < -0.3 is 5.32 Å². The minimum Gasteiger partial charge on any atom is -0.379 e. The molecule has 3 rings (SSSR count). The highest BCUT2D eigenvalue weighted by Crippen LogP contribution is 2.45. The molecule has 2 aliphatic heterocycles. The Morgan fingerprint density at radius 3 is 3.21 bits per heavy atom. The average Bonchev–Trinajstić information content (AvgIpc) is 2.17. The molecule has 0 aromatic heterocycles. The van der Waals surface area contributed by atoms with Crippen molar-refractivity contribution in [2.75, 3.05) is 16.8 Å². The molecule has 1 N–H and O–H groups in total. The molecule has 1 aromatic carbocycles. The first-order valence-corrected chi connectivity index (χ1v) is 6.37. The molecular formula is C12H15NS. The number of hydrogen-bond donors (Lipinski definition) is 1. The number of nitrogens with one attached hydrogen (secondary N) is 1. The van der Waals surface area contributed by atoms with Crippen molar-refractivity contribution in [3.8, 4) is 0 Å². The Kier molecular flexibility index (Phi) is 1.81. The Labute approximate surface area is 89.3 Å². The van der Waals surface area contributed by atoms with E-state index >= 15 is 0 Å². The largest absolute Gasteiger partial charge is 0.379 e. The molecule has 2 heteroatoms. The normalized spacial score (nSPS) is 34.5. The maximum atomic E-state index is 3.68. The topological polar surface area (TPSA) is 12.0 Å². The summed E-state index contributed by atoms with van der Waals surface area (Å²) in [6.45, 7) is 2.35. The number of hydrogen-bond acceptors (Lipinski definition) is 2. The molecular weight excluding hydrogens is 190 g/mol. The number of rotatable bonds is 0. The van der Waals surface area contributed by atoms with Crippen LogP contribution in [0.4, 0.5) is 5.69 Å². The second kappa shape index (κ2) is 2.93. The Bertz CT molecular complexity index is 363. The third kappa shape index (κ3) is 1.24. The van der Waals surface area contributed by atoms with Crippen molar-refractivity contribution in [3.63, 3.8) is 0 Å². The summed E-state index contributed by atoms with van der Waals surface area (Å²) in [6, 6.07) is 8.78. The minimum atomic E-state index is 0.335. The smallest absolute Gasteiger partial charge is 0.0442 e. The van der Waals surface area contributed by atoms with E-state index < -0.39 is 0 Å². The van der Waals surface area contributed by atoms with E-state index in [1.54, 1.807) is 0 Å². The van der Waals surface area contributed by atoms with Crippen LogP contribution >= 0.6 is 11.8 Å². The molecule has 74 valence electrons. The van der Waals surface area contributed by atoms with Gasteiger partial charge in [-0.05, 0) is 30.9 Å². The van der Waals surface area contributed by atoms with E-state index in [0.29, 0.717) is 5.54 Å². The van der Waals surface area contributed by atoms with Crippen molar-refractivity contribution in [2.45, 2.75) is 24.8 Å². The standard InChI is InChI=1S/C12H15NS/c1-12-6-9(7-14-8-12)10-4-2-3-5-11(10)13-12/h2-5,9,13H,6-8H2,1H3/t9-,12+/m0/s1. The minimum absolute atomic E-state index is 0.335. The number of fused-ring (bicyclic) bond motifs is 4. The summed E-state index contributed by atoms with van der Waals surface area (Å²) in [7, 11) is 0. The third-order valence-corrected chi connectivity index (χ3v) is 4.75. The van der Waals surface area contributed by atoms with Crippen molar-refractivity contribution in [1.29, 1.82) is 0 Å². The van der Waals surface area contributed by atoms with Crippen molar-refractivity contribution in [3.05, 3.63) is 29.8 Å². The van der Waals surface area contributed by atoms with Gasteiger partial charge >= 0.3 is 0 Å². The Balaban J connectivity index is 2.08. The van der Waals surface area contributed by atoms with Gasteiger partial charge in [0.2, 0.25) is 0 Å². The molecule has 0 amide bonds. The zero-order chi connectivity index (χ0) is 9.60. The summed E-state index contributed by atoms with van der Waals surface area (Å²) in [5, 5.41) is 3.68. The van der Waals surface area contributed by atoms with E-state index in [2.05, 4.69) is 48.3 Å². The van der Waals surface area contributed by atoms with Gasteiger partial charge in [0.1, 0.15) is 0 Å². The van der Waals surface area contributed by atoms with Crippen molar-refractivity contribution >= 4 is 17.4 Å². The maximum absolute atomic E-state index is 3.68. The van der Waals surface area contributed by atoms with Gasteiger partial charge in [-0.1, -0.05) is 18.2 Å². The highest BCUT2D eigenvalue weighted by molar-refractivity contribution is 7.99.